The van der Waals surface area contributed by atoms with Crippen molar-refractivity contribution in [1.29, 1.82) is 0 Å². The summed E-state index contributed by atoms with van der Waals surface area (Å²) in [6.07, 6.45) is 1.61. The number of carbonyl (C=O) groups excluding carboxylic acids is 3. The van der Waals surface area contributed by atoms with E-state index in [2.05, 4.69) is 20.5 Å². The van der Waals surface area contributed by atoms with E-state index in [-0.39, 0.29) is 17.6 Å². The molecule has 0 saturated carbocycles. The number of nitrogens with one attached hydrogen (secondary N) is 1. The zero-order chi connectivity index (χ0) is 19.0. The van der Waals surface area contributed by atoms with Gasteiger partial charge in [0.25, 0.3) is 5.84 Å². The van der Waals surface area contributed by atoms with Gasteiger partial charge in [0.2, 0.25) is 11.0 Å². The molecule has 1 unspecified atom stereocenters. The number of dihydropyridines is 1. The third kappa shape index (κ3) is 3.31. The second kappa shape index (κ2) is 7.08. The van der Waals surface area contributed by atoms with Crippen molar-refractivity contribution in [3.8, 4) is 0 Å². The first kappa shape index (κ1) is 18.4. The van der Waals surface area contributed by atoms with E-state index in [9.17, 15) is 14.4 Å². The highest BCUT2D eigenvalue weighted by Gasteiger charge is 2.47. The summed E-state index contributed by atoms with van der Waals surface area (Å²) in [5.74, 6) is -0.767. The summed E-state index contributed by atoms with van der Waals surface area (Å²) >= 11 is 2.55. The molecule has 4 amide bonds. The Morgan fingerprint density at radius 3 is 2.77 bits per heavy atom. The number of aromatic nitrogens is 2. The van der Waals surface area contributed by atoms with Gasteiger partial charge in [-0.1, -0.05) is 11.3 Å². The average molecular weight is 393 g/mol. The lowest BCUT2D eigenvalue weighted by molar-refractivity contribution is -0.407. The van der Waals surface area contributed by atoms with Crippen molar-refractivity contribution in [3.05, 3.63) is 15.5 Å². The number of allylic oxidation sites excluding steroid dienone is 1. The summed E-state index contributed by atoms with van der Waals surface area (Å²) in [4.78, 5) is 42.9. The molecule has 1 atom stereocenters. The highest BCUT2D eigenvalue weighted by atomic mass is 32.2. The fourth-order valence-electron chi connectivity index (χ4n) is 2.60. The smallest absolute Gasteiger partial charge is 0.300 e. The quantitative estimate of drug-likeness (QED) is 0.768. The van der Waals surface area contributed by atoms with Gasteiger partial charge in [0, 0.05) is 4.91 Å². The van der Waals surface area contributed by atoms with E-state index in [1.807, 2.05) is 6.92 Å². The number of amidine groups is 1. The Morgan fingerprint density at radius 2 is 2.12 bits per heavy atom. The number of urea groups is 1. The third-order valence-electron chi connectivity index (χ3n) is 3.93. The Bertz CT molecular complexity index is 901. The minimum atomic E-state index is -0.672. The van der Waals surface area contributed by atoms with E-state index in [1.54, 1.807) is 20.2 Å². The van der Waals surface area contributed by atoms with Crippen LogP contribution in [0.3, 0.4) is 0 Å². The summed E-state index contributed by atoms with van der Waals surface area (Å²) < 4.78 is 1.36. The molecular formula is C15H17N6O3S2+. The van der Waals surface area contributed by atoms with E-state index >= 15 is 0 Å². The molecule has 0 saturated heterocycles. The van der Waals surface area contributed by atoms with Gasteiger partial charge in [-0.2, -0.15) is 9.48 Å². The first-order valence-corrected chi connectivity index (χ1v) is 9.49. The number of carbonyl (C=O) groups is 3. The summed E-state index contributed by atoms with van der Waals surface area (Å²) in [7, 11) is 3.02. The lowest BCUT2D eigenvalue weighted by Gasteiger charge is -2.27. The van der Waals surface area contributed by atoms with Crippen LogP contribution in [0.4, 0.5) is 9.93 Å². The second-order valence-corrected chi connectivity index (χ2v) is 8.00. The van der Waals surface area contributed by atoms with Gasteiger partial charge in [-0.25, -0.2) is 4.79 Å². The van der Waals surface area contributed by atoms with Crippen molar-refractivity contribution in [2.75, 3.05) is 25.2 Å². The molecule has 1 aromatic heterocycles. The molecule has 9 nitrogen and oxygen atoms in total. The zero-order valence-electron chi connectivity index (χ0n) is 14.6. The lowest BCUT2D eigenvalue weighted by Crippen LogP contribution is -2.52. The van der Waals surface area contributed by atoms with Crippen molar-refractivity contribution >= 4 is 58.1 Å². The van der Waals surface area contributed by atoms with Crippen LogP contribution >= 0.6 is 23.1 Å². The standard InChI is InChI=1S/C15H16N6O3S2/c1-7-5-16-12-10(13(23)21(4)15(24)20(12)3)11(7)25-6-9(22)17-14-19-18-8(2)26-14/h5,10H,6H2,1-4H3/p+1. The van der Waals surface area contributed by atoms with Crippen molar-refractivity contribution in [3.63, 3.8) is 0 Å². The van der Waals surface area contributed by atoms with Gasteiger partial charge < -0.3 is 0 Å². The number of anilines is 1. The molecular weight excluding hydrogens is 376 g/mol. The normalized spacial score (nSPS) is 20.0. The number of rotatable bonds is 4. The number of nitrogens with zero attached hydrogens (tertiary/aromatic N) is 5. The van der Waals surface area contributed by atoms with Crippen molar-refractivity contribution in [1.82, 2.24) is 15.1 Å². The maximum Gasteiger partial charge on any atom is 0.445 e. The summed E-state index contributed by atoms with van der Waals surface area (Å²) in [6, 6.07) is -0.424. The predicted molar refractivity (Wildman–Crippen MR) is 99.8 cm³/mol. The molecule has 0 aliphatic carbocycles. The Labute approximate surface area is 157 Å². The topological polar surface area (TPSA) is 108 Å². The number of imide groups is 1. The van der Waals surface area contributed by atoms with Gasteiger partial charge in [0.15, 0.2) is 5.92 Å². The Balaban J connectivity index is 1.78. The molecule has 2 aliphatic rings. The maximum absolute atomic E-state index is 12.6. The summed E-state index contributed by atoms with van der Waals surface area (Å²) in [6.45, 7) is 3.64. The van der Waals surface area contributed by atoms with Gasteiger partial charge in [0.1, 0.15) is 11.2 Å². The lowest BCUT2D eigenvalue weighted by atomic mass is 9.99. The van der Waals surface area contributed by atoms with Gasteiger partial charge in [-0.15, -0.1) is 27.0 Å². The van der Waals surface area contributed by atoms with Crippen LogP contribution in [0.2, 0.25) is 0 Å². The number of aryl methyl sites for hydroxylation is 1. The van der Waals surface area contributed by atoms with E-state index in [4.69, 9.17) is 0 Å². The number of hydrogen-bond donors (Lipinski definition) is 1. The van der Waals surface area contributed by atoms with Crippen LogP contribution in [0.15, 0.2) is 15.5 Å². The SMILES string of the molecule is CC1=C(SCC(=O)Nc2nnc(C)s2)C2C(=O)N(C)C(=O)[N+](C)=C2N=C1. The molecule has 26 heavy (non-hydrogen) atoms. The van der Waals surface area contributed by atoms with Crippen molar-refractivity contribution < 1.29 is 19.0 Å². The first-order chi connectivity index (χ1) is 12.3. The fraction of sp³-hybridized carbons (Fsp3) is 0.400. The van der Waals surface area contributed by atoms with Gasteiger partial charge >= 0.3 is 11.9 Å². The molecule has 3 heterocycles. The Morgan fingerprint density at radius 1 is 1.38 bits per heavy atom. The molecule has 0 fully saturated rings. The average Bonchev–Trinajstić information content (AvgIpc) is 3.01. The van der Waals surface area contributed by atoms with Crippen LogP contribution in [0, 0.1) is 12.8 Å². The van der Waals surface area contributed by atoms with Crippen LogP contribution in [0.25, 0.3) is 0 Å². The number of hydrogen-bond acceptors (Lipinski definition) is 8. The molecule has 1 aromatic rings. The number of thioether (sulfide) groups is 1. The van der Waals surface area contributed by atoms with Crippen LogP contribution in [-0.4, -0.2) is 69.4 Å². The molecule has 0 bridgehead atoms. The second-order valence-electron chi connectivity index (χ2n) is 5.80. The molecule has 1 N–H and O–H groups in total. The number of fused-ring (bicyclic) bond motifs is 1. The van der Waals surface area contributed by atoms with E-state index in [0.29, 0.717) is 11.0 Å². The monoisotopic (exact) mass is 393 g/mol. The largest absolute Gasteiger partial charge is 0.445 e. The van der Waals surface area contributed by atoms with Crippen LogP contribution in [0.1, 0.15) is 11.9 Å². The number of amides is 4. The van der Waals surface area contributed by atoms with Crippen LogP contribution < -0.4 is 5.32 Å². The minimum Gasteiger partial charge on any atom is -0.300 e. The summed E-state index contributed by atoms with van der Waals surface area (Å²) in [5, 5.41) is 11.6. The number of aliphatic imine (C=N–C) groups is 1. The minimum absolute atomic E-state index is 0.109. The molecule has 2 aliphatic heterocycles. The van der Waals surface area contributed by atoms with E-state index in [0.717, 1.165) is 20.4 Å². The third-order valence-corrected chi connectivity index (χ3v) is 5.96. The highest BCUT2D eigenvalue weighted by molar-refractivity contribution is 8.03. The maximum atomic E-state index is 12.6. The molecule has 11 heteroatoms. The molecule has 0 aromatic carbocycles. The van der Waals surface area contributed by atoms with Crippen molar-refractivity contribution in [2.45, 2.75) is 13.8 Å². The van der Waals surface area contributed by atoms with Gasteiger partial charge in [0.05, 0.1) is 19.8 Å². The predicted octanol–water partition coefficient (Wildman–Crippen LogP) is 1.13. The highest BCUT2D eigenvalue weighted by Crippen LogP contribution is 2.34. The van der Waals surface area contributed by atoms with Crippen LogP contribution in [-0.2, 0) is 9.59 Å². The molecule has 0 radical (unpaired) electrons. The Kier molecular flexibility index (Phi) is 5.01. The van der Waals surface area contributed by atoms with E-state index in [1.165, 1.54) is 34.7 Å². The Hall–Kier alpha value is -2.40. The van der Waals surface area contributed by atoms with Gasteiger partial charge in [-0.05, 0) is 19.4 Å². The zero-order valence-corrected chi connectivity index (χ0v) is 16.3. The van der Waals surface area contributed by atoms with Crippen molar-refractivity contribution in [2.24, 2.45) is 10.9 Å². The van der Waals surface area contributed by atoms with Gasteiger partial charge in [-0.3, -0.25) is 14.9 Å². The van der Waals surface area contributed by atoms with Crippen LogP contribution in [0.5, 0.6) is 0 Å². The molecule has 3 rings (SSSR count). The van der Waals surface area contributed by atoms with E-state index < -0.39 is 11.9 Å². The fourth-order valence-corrected chi connectivity index (χ4v) is 4.22. The molecule has 0 spiro atoms. The first-order valence-electron chi connectivity index (χ1n) is 7.69. The summed E-state index contributed by atoms with van der Waals surface area (Å²) in [5.41, 5.74) is 0.799. The molecule has 136 valence electrons.